The molecular formula is C19H16N2O4S. The minimum absolute atomic E-state index is 0.246. The molecule has 26 heavy (non-hydrogen) atoms. The zero-order valence-corrected chi connectivity index (χ0v) is 14.8. The molecule has 0 radical (unpaired) electrons. The molecule has 0 aliphatic carbocycles. The van der Waals surface area contributed by atoms with Gasteiger partial charge in [0.05, 0.1) is 16.3 Å². The molecule has 1 heterocycles. The van der Waals surface area contributed by atoms with Crippen LogP contribution >= 0.6 is 11.3 Å². The zero-order chi connectivity index (χ0) is 18.5. The maximum Gasteiger partial charge on any atom is 0.343 e. The molecular weight excluding hydrogens is 352 g/mol. The third kappa shape index (κ3) is 4.46. The summed E-state index contributed by atoms with van der Waals surface area (Å²) in [5.74, 6) is -0.358. The Kier molecular flexibility index (Phi) is 5.28. The Balaban J connectivity index is 1.68. The number of rotatable bonds is 6. The van der Waals surface area contributed by atoms with Crippen LogP contribution in [0.5, 0.6) is 11.5 Å². The fraction of sp³-hybridized carbons (Fsp3) is 0.105. The summed E-state index contributed by atoms with van der Waals surface area (Å²) in [6.45, 7) is 2.25. The van der Waals surface area contributed by atoms with Crippen molar-refractivity contribution < 1.29 is 19.1 Å². The van der Waals surface area contributed by atoms with Crippen molar-refractivity contribution in [3.63, 3.8) is 0 Å². The number of esters is 1. The Morgan fingerprint density at radius 3 is 2.46 bits per heavy atom. The van der Waals surface area contributed by atoms with Crippen LogP contribution in [0.4, 0.5) is 0 Å². The second-order valence-electron chi connectivity index (χ2n) is 5.46. The third-order valence-corrected chi connectivity index (χ3v) is 4.27. The quantitative estimate of drug-likeness (QED) is 0.532. The molecule has 0 aliphatic rings. The summed E-state index contributed by atoms with van der Waals surface area (Å²) in [5.41, 5.74) is 6.67. The molecule has 2 aromatic carbocycles. The number of benzene rings is 2. The van der Waals surface area contributed by atoms with E-state index in [2.05, 4.69) is 4.98 Å². The van der Waals surface area contributed by atoms with E-state index in [-0.39, 0.29) is 11.3 Å². The zero-order valence-electron chi connectivity index (χ0n) is 14.0. The van der Waals surface area contributed by atoms with Gasteiger partial charge in [0.2, 0.25) is 5.91 Å². The van der Waals surface area contributed by atoms with Crippen LogP contribution in [0.3, 0.4) is 0 Å². The largest absolute Gasteiger partial charge is 0.487 e. The van der Waals surface area contributed by atoms with Crippen LogP contribution in [0.15, 0.2) is 53.9 Å². The lowest BCUT2D eigenvalue weighted by atomic mass is 10.2. The van der Waals surface area contributed by atoms with Crippen LogP contribution in [-0.2, 0) is 6.61 Å². The molecule has 0 unspecified atom stereocenters. The van der Waals surface area contributed by atoms with E-state index >= 15 is 0 Å². The number of amides is 1. The van der Waals surface area contributed by atoms with E-state index < -0.39 is 11.9 Å². The van der Waals surface area contributed by atoms with Crippen LogP contribution in [0.25, 0.3) is 0 Å². The van der Waals surface area contributed by atoms with Gasteiger partial charge >= 0.3 is 5.97 Å². The second-order valence-corrected chi connectivity index (χ2v) is 6.52. The van der Waals surface area contributed by atoms with Crippen molar-refractivity contribution in [3.8, 4) is 11.5 Å². The van der Waals surface area contributed by atoms with Crippen molar-refractivity contribution in [1.29, 1.82) is 0 Å². The lowest BCUT2D eigenvalue weighted by Crippen LogP contribution is -2.12. The Morgan fingerprint density at radius 2 is 1.77 bits per heavy atom. The lowest BCUT2D eigenvalue weighted by molar-refractivity contribution is 0.0733. The van der Waals surface area contributed by atoms with Gasteiger partial charge in [0.1, 0.15) is 18.1 Å². The van der Waals surface area contributed by atoms with Gasteiger partial charge in [0, 0.05) is 10.9 Å². The predicted octanol–water partition coefficient (Wildman–Crippen LogP) is 3.35. The standard InChI is InChI=1S/C19H16N2O4S/c1-12-21-15(11-26-12)10-24-16-6-3-5-14(9-16)19(23)25-17-7-2-4-13(8-17)18(20)22/h2-9,11H,10H2,1H3,(H2,20,22). The van der Waals surface area contributed by atoms with Crippen LogP contribution in [-0.4, -0.2) is 16.9 Å². The lowest BCUT2D eigenvalue weighted by Gasteiger charge is -2.08. The normalized spacial score (nSPS) is 10.3. The molecule has 0 atom stereocenters. The molecule has 3 rings (SSSR count). The van der Waals surface area contributed by atoms with Gasteiger partial charge in [-0.2, -0.15) is 0 Å². The maximum absolute atomic E-state index is 12.3. The first-order valence-corrected chi connectivity index (χ1v) is 8.65. The Morgan fingerprint density at radius 1 is 1.08 bits per heavy atom. The Hall–Kier alpha value is -3.19. The number of nitrogens with two attached hydrogens (primary N) is 1. The molecule has 3 aromatic rings. The van der Waals surface area contributed by atoms with Crippen LogP contribution in [0, 0.1) is 6.92 Å². The molecule has 1 amide bonds. The number of ether oxygens (including phenoxy) is 2. The summed E-state index contributed by atoms with van der Waals surface area (Å²) in [4.78, 5) is 27.9. The highest BCUT2D eigenvalue weighted by molar-refractivity contribution is 7.09. The van der Waals surface area contributed by atoms with Crippen molar-refractivity contribution in [2.24, 2.45) is 5.73 Å². The molecule has 7 heteroatoms. The van der Waals surface area contributed by atoms with Crippen molar-refractivity contribution in [2.45, 2.75) is 13.5 Å². The Bertz CT molecular complexity index is 952. The van der Waals surface area contributed by atoms with Gasteiger partial charge < -0.3 is 15.2 Å². The highest BCUT2D eigenvalue weighted by atomic mass is 32.1. The number of aromatic nitrogens is 1. The number of hydrogen-bond acceptors (Lipinski definition) is 6. The average Bonchev–Trinajstić information content (AvgIpc) is 3.06. The van der Waals surface area contributed by atoms with E-state index in [0.717, 1.165) is 10.7 Å². The number of nitrogens with zero attached hydrogens (tertiary/aromatic N) is 1. The maximum atomic E-state index is 12.3. The van der Waals surface area contributed by atoms with Crippen molar-refractivity contribution >= 4 is 23.2 Å². The number of carbonyl (C=O) groups excluding carboxylic acids is 2. The molecule has 132 valence electrons. The highest BCUT2D eigenvalue weighted by Gasteiger charge is 2.11. The first-order valence-electron chi connectivity index (χ1n) is 7.77. The summed E-state index contributed by atoms with van der Waals surface area (Å²) in [6.07, 6.45) is 0. The Labute approximate surface area is 154 Å². The van der Waals surface area contributed by atoms with E-state index in [4.69, 9.17) is 15.2 Å². The average molecular weight is 368 g/mol. The summed E-state index contributed by atoms with van der Waals surface area (Å²) < 4.78 is 11.0. The summed E-state index contributed by atoms with van der Waals surface area (Å²) in [6, 6.07) is 12.8. The molecule has 0 saturated carbocycles. The summed E-state index contributed by atoms with van der Waals surface area (Å²) in [7, 11) is 0. The van der Waals surface area contributed by atoms with Gasteiger partial charge in [-0.3, -0.25) is 4.79 Å². The minimum Gasteiger partial charge on any atom is -0.487 e. The molecule has 0 spiro atoms. The van der Waals surface area contributed by atoms with Crippen molar-refractivity contribution in [1.82, 2.24) is 4.98 Å². The third-order valence-electron chi connectivity index (χ3n) is 3.45. The number of thiazole rings is 1. The SMILES string of the molecule is Cc1nc(COc2cccc(C(=O)Oc3cccc(C(N)=O)c3)c2)cs1. The number of hydrogen-bond donors (Lipinski definition) is 1. The molecule has 0 fully saturated rings. The predicted molar refractivity (Wildman–Crippen MR) is 97.5 cm³/mol. The van der Waals surface area contributed by atoms with Crippen molar-refractivity contribution in [3.05, 3.63) is 75.7 Å². The monoisotopic (exact) mass is 368 g/mol. The van der Waals surface area contributed by atoms with Gasteiger partial charge in [-0.1, -0.05) is 12.1 Å². The molecule has 0 saturated heterocycles. The fourth-order valence-electron chi connectivity index (χ4n) is 2.22. The highest BCUT2D eigenvalue weighted by Crippen LogP contribution is 2.19. The first kappa shape index (κ1) is 17.6. The number of aryl methyl sites for hydroxylation is 1. The van der Waals surface area contributed by atoms with E-state index in [1.54, 1.807) is 53.8 Å². The summed E-state index contributed by atoms with van der Waals surface area (Å²) >= 11 is 1.55. The van der Waals surface area contributed by atoms with Gasteiger partial charge in [0.25, 0.3) is 0 Å². The van der Waals surface area contributed by atoms with Gasteiger partial charge in [-0.15, -0.1) is 11.3 Å². The van der Waals surface area contributed by atoms with Crippen LogP contribution in [0.2, 0.25) is 0 Å². The van der Waals surface area contributed by atoms with Gasteiger partial charge in [0.15, 0.2) is 0 Å². The van der Waals surface area contributed by atoms with E-state index in [9.17, 15) is 9.59 Å². The molecule has 6 nitrogen and oxygen atoms in total. The minimum atomic E-state index is -0.587. The van der Waals surface area contributed by atoms with E-state index in [0.29, 0.717) is 17.9 Å². The van der Waals surface area contributed by atoms with Gasteiger partial charge in [-0.25, -0.2) is 9.78 Å². The van der Waals surface area contributed by atoms with Gasteiger partial charge in [-0.05, 0) is 43.3 Å². The first-order chi connectivity index (χ1) is 12.5. The van der Waals surface area contributed by atoms with Crippen LogP contribution in [0.1, 0.15) is 31.4 Å². The van der Waals surface area contributed by atoms with Crippen LogP contribution < -0.4 is 15.2 Å². The fourth-order valence-corrected chi connectivity index (χ4v) is 2.82. The smallest absolute Gasteiger partial charge is 0.343 e. The molecule has 1 aromatic heterocycles. The summed E-state index contributed by atoms with van der Waals surface area (Å²) in [5, 5.41) is 2.90. The second kappa shape index (κ2) is 7.79. The molecule has 0 bridgehead atoms. The number of carbonyl (C=O) groups is 2. The molecule has 2 N–H and O–H groups in total. The number of primary amides is 1. The van der Waals surface area contributed by atoms with E-state index in [1.165, 1.54) is 6.07 Å². The molecule has 0 aliphatic heterocycles. The van der Waals surface area contributed by atoms with E-state index in [1.807, 2.05) is 12.3 Å². The van der Waals surface area contributed by atoms with Crippen molar-refractivity contribution in [2.75, 3.05) is 0 Å². The topological polar surface area (TPSA) is 91.5 Å².